The first-order valence-corrected chi connectivity index (χ1v) is 9.47. The molecule has 3 aromatic rings. The van der Waals surface area contributed by atoms with Gasteiger partial charge in [-0.2, -0.15) is 0 Å². The third-order valence-electron chi connectivity index (χ3n) is 5.31. The van der Waals surface area contributed by atoms with E-state index in [-0.39, 0.29) is 31.0 Å². The molecule has 5 nitrogen and oxygen atoms in total. The summed E-state index contributed by atoms with van der Waals surface area (Å²) in [6, 6.07) is 6.96. The fourth-order valence-electron chi connectivity index (χ4n) is 3.19. The molecule has 0 bridgehead atoms. The Morgan fingerprint density at radius 1 is 1.24 bits per heavy atom. The van der Waals surface area contributed by atoms with Crippen LogP contribution in [0.25, 0.3) is 5.65 Å². The quantitative estimate of drug-likeness (QED) is 0.564. The fourth-order valence-corrected chi connectivity index (χ4v) is 3.19. The van der Waals surface area contributed by atoms with Crippen LogP contribution in [0.4, 0.5) is 8.78 Å². The molecular weight excluding hydrogens is 378 g/mol. The van der Waals surface area contributed by atoms with Crippen molar-refractivity contribution >= 4 is 11.4 Å². The molecule has 0 aliphatic heterocycles. The van der Waals surface area contributed by atoms with Gasteiger partial charge in [0.1, 0.15) is 23.9 Å². The molecule has 0 saturated carbocycles. The molecule has 2 heterocycles. The Morgan fingerprint density at radius 3 is 2.55 bits per heavy atom. The first kappa shape index (κ1) is 20.9. The molecule has 0 radical (unpaired) electrons. The molecule has 0 unspecified atom stereocenters. The van der Waals surface area contributed by atoms with E-state index >= 15 is 0 Å². The zero-order valence-corrected chi connectivity index (χ0v) is 16.7. The average Bonchev–Trinajstić information content (AvgIpc) is 3.04. The monoisotopic (exact) mass is 402 g/mol. The Bertz CT molecular complexity index is 1020. The predicted molar refractivity (Wildman–Crippen MR) is 105 cm³/mol. The second-order valence-corrected chi connectivity index (χ2v) is 7.52. The SMILES string of the molecule is CC[C@](C)(CO)CC(=O)c1c(C)nc2c(OCc3c(F)cccc3F)cccn12. The molecule has 7 heteroatoms. The standard InChI is InChI=1S/C22H24F2N2O3/c1-4-22(3,13-27)11-18(28)20-14(2)25-21-19(9-6-10-26(20)21)29-12-15-16(23)7-5-8-17(15)24/h5-10,27H,4,11-13H2,1-3H3/t22-/m0/s1. The summed E-state index contributed by atoms with van der Waals surface area (Å²) in [6.07, 6.45) is 2.54. The molecule has 0 spiro atoms. The molecule has 2 aromatic heterocycles. The van der Waals surface area contributed by atoms with Crippen molar-refractivity contribution in [1.82, 2.24) is 9.38 Å². The van der Waals surface area contributed by atoms with Crippen molar-refractivity contribution in [2.24, 2.45) is 5.41 Å². The Labute approximate surface area is 168 Å². The molecule has 0 saturated heterocycles. The molecule has 0 aliphatic carbocycles. The summed E-state index contributed by atoms with van der Waals surface area (Å²) in [4.78, 5) is 17.4. The lowest BCUT2D eigenvalue weighted by Crippen LogP contribution is -2.25. The Hall–Kier alpha value is -2.80. The molecule has 29 heavy (non-hydrogen) atoms. The summed E-state index contributed by atoms with van der Waals surface area (Å²) in [5.74, 6) is -1.19. The van der Waals surface area contributed by atoms with Gasteiger partial charge in [-0.25, -0.2) is 13.8 Å². The third-order valence-corrected chi connectivity index (χ3v) is 5.31. The number of rotatable bonds is 8. The molecule has 154 valence electrons. The number of aromatic nitrogens is 2. The normalized spacial score (nSPS) is 13.4. The predicted octanol–water partition coefficient (Wildman–Crippen LogP) is 4.48. The number of ether oxygens (including phenoxy) is 1. The van der Waals surface area contributed by atoms with Gasteiger partial charge in [0.05, 0.1) is 11.3 Å². The summed E-state index contributed by atoms with van der Waals surface area (Å²) in [7, 11) is 0. The van der Waals surface area contributed by atoms with Gasteiger partial charge in [-0.3, -0.25) is 9.20 Å². The Morgan fingerprint density at radius 2 is 1.93 bits per heavy atom. The van der Waals surface area contributed by atoms with Crippen LogP contribution in [-0.4, -0.2) is 26.9 Å². The maximum atomic E-state index is 13.9. The number of aliphatic hydroxyl groups excluding tert-OH is 1. The van der Waals surface area contributed by atoms with E-state index in [4.69, 9.17) is 4.74 Å². The maximum absolute atomic E-state index is 13.9. The number of hydrogen-bond acceptors (Lipinski definition) is 4. The van der Waals surface area contributed by atoms with Crippen LogP contribution < -0.4 is 4.74 Å². The van der Waals surface area contributed by atoms with Crippen LogP contribution in [0.5, 0.6) is 5.75 Å². The minimum absolute atomic E-state index is 0.0897. The number of imidazole rings is 1. The van der Waals surface area contributed by atoms with Gasteiger partial charge in [0.15, 0.2) is 17.2 Å². The number of halogens is 2. The fraction of sp³-hybridized carbons (Fsp3) is 0.364. The lowest BCUT2D eigenvalue weighted by molar-refractivity contribution is 0.0807. The van der Waals surface area contributed by atoms with Gasteiger partial charge in [-0.15, -0.1) is 0 Å². The van der Waals surface area contributed by atoms with Crippen molar-refractivity contribution < 1.29 is 23.4 Å². The molecule has 0 amide bonds. The number of carbonyl (C=O) groups excluding carboxylic acids is 1. The van der Waals surface area contributed by atoms with E-state index in [9.17, 15) is 18.7 Å². The van der Waals surface area contributed by atoms with Crippen LogP contribution in [0.15, 0.2) is 36.5 Å². The second-order valence-electron chi connectivity index (χ2n) is 7.52. The van der Waals surface area contributed by atoms with Gasteiger partial charge < -0.3 is 9.84 Å². The molecule has 3 rings (SSSR count). The van der Waals surface area contributed by atoms with Crippen molar-refractivity contribution in [3.8, 4) is 5.75 Å². The minimum atomic E-state index is -0.685. The average molecular weight is 402 g/mol. The highest BCUT2D eigenvalue weighted by molar-refractivity contribution is 5.97. The highest BCUT2D eigenvalue weighted by atomic mass is 19.1. The summed E-state index contributed by atoms with van der Waals surface area (Å²) < 4.78 is 35.0. The highest BCUT2D eigenvalue weighted by Gasteiger charge is 2.28. The molecule has 0 aliphatic rings. The van der Waals surface area contributed by atoms with E-state index in [0.717, 1.165) is 0 Å². The lowest BCUT2D eigenvalue weighted by atomic mass is 9.82. The Kier molecular flexibility index (Phi) is 5.98. The number of ketones is 1. The molecule has 0 fully saturated rings. The number of hydrogen-bond donors (Lipinski definition) is 1. The minimum Gasteiger partial charge on any atom is -0.485 e. The van der Waals surface area contributed by atoms with E-state index in [1.807, 2.05) is 13.8 Å². The van der Waals surface area contributed by atoms with Crippen LogP contribution in [0.1, 0.15) is 48.4 Å². The van der Waals surface area contributed by atoms with Gasteiger partial charge in [-0.05, 0) is 43.0 Å². The van der Waals surface area contributed by atoms with Gasteiger partial charge in [0.25, 0.3) is 0 Å². The molecule has 1 aromatic carbocycles. The van der Waals surface area contributed by atoms with E-state index < -0.39 is 17.0 Å². The second kappa shape index (κ2) is 8.29. The van der Waals surface area contributed by atoms with Crippen molar-refractivity contribution in [3.05, 3.63) is 65.1 Å². The first-order chi connectivity index (χ1) is 13.8. The van der Waals surface area contributed by atoms with Crippen LogP contribution in [-0.2, 0) is 6.61 Å². The molecule has 1 N–H and O–H groups in total. The van der Waals surface area contributed by atoms with Gasteiger partial charge in [0.2, 0.25) is 0 Å². The highest BCUT2D eigenvalue weighted by Crippen LogP contribution is 2.30. The molecular formula is C22H24F2N2O3. The van der Waals surface area contributed by atoms with Gasteiger partial charge >= 0.3 is 0 Å². The number of Topliss-reactive ketones (excluding diaryl/α,β-unsaturated/α-hetero) is 1. The van der Waals surface area contributed by atoms with E-state index in [1.54, 1.807) is 29.7 Å². The summed E-state index contributed by atoms with van der Waals surface area (Å²) in [6.45, 7) is 5.13. The van der Waals surface area contributed by atoms with Crippen LogP contribution >= 0.6 is 0 Å². The van der Waals surface area contributed by atoms with Crippen LogP contribution in [0.3, 0.4) is 0 Å². The number of aliphatic hydroxyl groups is 1. The first-order valence-electron chi connectivity index (χ1n) is 9.47. The summed E-state index contributed by atoms with van der Waals surface area (Å²) in [5.41, 5.74) is 0.655. The van der Waals surface area contributed by atoms with Crippen molar-refractivity contribution in [2.75, 3.05) is 6.61 Å². The molecule has 1 atom stereocenters. The zero-order chi connectivity index (χ0) is 21.2. The van der Waals surface area contributed by atoms with E-state index in [1.165, 1.54) is 18.2 Å². The number of pyridine rings is 1. The maximum Gasteiger partial charge on any atom is 0.182 e. The Balaban J connectivity index is 1.93. The third kappa shape index (κ3) is 4.15. The number of benzene rings is 1. The van der Waals surface area contributed by atoms with Crippen LogP contribution in [0, 0.1) is 24.0 Å². The lowest BCUT2D eigenvalue weighted by Gasteiger charge is -2.24. The van der Waals surface area contributed by atoms with Gasteiger partial charge in [0, 0.05) is 19.2 Å². The van der Waals surface area contributed by atoms with E-state index in [2.05, 4.69) is 4.98 Å². The largest absolute Gasteiger partial charge is 0.485 e. The summed E-state index contributed by atoms with van der Waals surface area (Å²) >= 11 is 0. The van der Waals surface area contributed by atoms with Crippen LogP contribution in [0.2, 0.25) is 0 Å². The number of aryl methyl sites for hydroxylation is 1. The van der Waals surface area contributed by atoms with Crippen molar-refractivity contribution in [1.29, 1.82) is 0 Å². The smallest absolute Gasteiger partial charge is 0.182 e. The topological polar surface area (TPSA) is 63.8 Å². The van der Waals surface area contributed by atoms with Crippen molar-refractivity contribution in [3.63, 3.8) is 0 Å². The summed E-state index contributed by atoms with van der Waals surface area (Å²) in [5, 5.41) is 9.63. The van der Waals surface area contributed by atoms with E-state index in [0.29, 0.717) is 29.2 Å². The van der Waals surface area contributed by atoms with Gasteiger partial charge in [-0.1, -0.05) is 19.9 Å². The van der Waals surface area contributed by atoms with Crippen molar-refractivity contribution in [2.45, 2.75) is 40.2 Å². The number of carbonyl (C=O) groups is 1. The number of nitrogens with zero attached hydrogens (tertiary/aromatic N) is 2. The number of fused-ring (bicyclic) bond motifs is 1. The zero-order valence-electron chi connectivity index (χ0n) is 16.7.